The van der Waals surface area contributed by atoms with Crippen molar-refractivity contribution in [2.24, 2.45) is 0 Å². The summed E-state index contributed by atoms with van der Waals surface area (Å²) < 4.78 is 22.2. The molecule has 0 unspecified atom stereocenters. The van der Waals surface area contributed by atoms with Crippen LogP contribution in [0.2, 0.25) is 0 Å². The smallest absolute Gasteiger partial charge is 0.300 e. The van der Waals surface area contributed by atoms with Gasteiger partial charge in [0.1, 0.15) is 27.4 Å². The predicted octanol–water partition coefficient (Wildman–Crippen LogP) is 0.148. The highest BCUT2D eigenvalue weighted by Gasteiger charge is 2.24. The van der Waals surface area contributed by atoms with Gasteiger partial charge in [-0.2, -0.15) is 0 Å². The van der Waals surface area contributed by atoms with Gasteiger partial charge in [0.25, 0.3) is 11.6 Å². The Balaban J connectivity index is 3.07. The number of nitrogens with one attached hydrogen (secondary N) is 1. The molecule has 0 aliphatic rings. The van der Waals surface area contributed by atoms with E-state index in [0.717, 1.165) is 17.4 Å². The van der Waals surface area contributed by atoms with Gasteiger partial charge in [0.15, 0.2) is 0 Å². The molecule has 1 N–H and O–H groups in total. The van der Waals surface area contributed by atoms with Crippen molar-refractivity contribution in [3.8, 4) is 0 Å². The number of sulfone groups is 1. The van der Waals surface area contributed by atoms with Crippen LogP contribution in [0.5, 0.6) is 0 Å². The van der Waals surface area contributed by atoms with E-state index in [2.05, 4.69) is 10.3 Å². The minimum Gasteiger partial charge on any atom is -0.373 e. The molecule has 0 bridgehead atoms. The van der Waals surface area contributed by atoms with Gasteiger partial charge in [0, 0.05) is 33.0 Å². The topological polar surface area (TPSA) is 123 Å². The van der Waals surface area contributed by atoms with Crippen LogP contribution < -0.4 is 5.32 Å². The summed E-state index contributed by atoms with van der Waals surface area (Å²) in [6.45, 7) is -0.0496. The highest BCUT2D eigenvalue weighted by Crippen LogP contribution is 2.21. The van der Waals surface area contributed by atoms with E-state index in [1.165, 1.54) is 13.1 Å². The quantitative estimate of drug-likeness (QED) is 0.585. The van der Waals surface area contributed by atoms with Crippen LogP contribution in [0, 0.1) is 10.1 Å². The SMILES string of the molecule is CNc1cc(C(=O)N(C)CCS(C)(=O)=O)c([N+](=O)[O-])cn1. The molecule has 1 heterocycles. The number of carbonyl (C=O) groups excluding carboxylic acids is 1. The Morgan fingerprint density at radius 3 is 2.62 bits per heavy atom. The van der Waals surface area contributed by atoms with E-state index in [9.17, 15) is 23.3 Å². The van der Waals surface area contributed by atoms with Crippen LogP contribution in [0.25, 0.3) is 0 Å². The van der Waals surface area contributed by atoms with Crippen molar-refractivity contribution in [1.29, 1.82) is 0 Å². The lowest BCUT2D eigenvalue weighted by molar-refractivity contribution is -0.385. The van der Waals surface area contributed by atoms with E-state index in [0.29, 0.717) is 5.82 Å². The number of pyridine rings is 1. The van der Waals surface area contributed by atoms with Gasteiger partial charge in [0.2, 0.25) is 0 Å². The molecule has 1 rings (SSSR count). The Morgan fingerprint density at radius 1 is 1.52 bits per heavy atom. The van der Waals surface area contributed by atoms with Crippen molar-refractivity contribution < 1.29 is 18.1 Å². The van der Waals surface area contributed by atoms with Gasteiger partial charge in [-0.05, 0) is 0 Å². The lowest BCUT2D eigenvalue weighted by atomic mass is 10.2. The number of anilines is 1. The lowest BCUT2D eigenvalue weighted by Gasteiger charge is -2.16. The summed E-state index contributed by atoms with van der Waals surface area (Å²) in [5, 5.41) is 13.6. The average molecular weight is 316 g/mol. The van der Waals surface area contributed by atoms with Crippen molar-refractivity contribution in [2.45, 2.75) is 0 Å². The van der Waals surface area contributed by atoms with Gasteiger partial charge < -0.3 is 10.2 Å². The van der Waals surface area contributed by atoms with Crippen LogP contribution in [-0.2, 0) is 9.84 Å². The van der Waals surface area contributed by atoms with E-state index in [4.69, 9.17) is 0 Å². The first-order chi connectivity index (χ1) is 9.65. The van der Waals surface area contributed by atoms with E-state index in [1.54, 1.807) is 7.05 Å². The maximum Gasteiger partial charge on any atom is 0.300 e. The van der Waals surface area contributed by atoms with Crippen LogP contribution >= 0.6 is 0 Å². The number of nitrogens with zero attached hydrogens (tertiary/aromatic N) is 3. The molecule has 21 heavy (non-hydrogen) atoms. The first-order valence-corrected chi connectivity index (χ1v) is 7.97. The predicted molar refractivity (Wildman–Crippen MR) is 77.1 cm³/mol. The average Bonchev–Trinajstić information content (AvgIpc) is 2.42. The summed E-state index contributed by atoms with van der Waals surface area (Å²) in [4.78, 5) is 27.4. The third-order valence-corrected chi connectivity index (χ3v) is 3.63. The molecule has 0 atom stereocenters. The summed E-state index contributed by atoms with van der Waals surface area (Å²) in [6, 6.07) is 1.26. The fourth-order valence-corrected chi connectivity index (χ4v) is 2.12. The molecular formula is C11H16N4O5S. The fourth-order valence-electron chi connectivity index (χ4n) is 1.51. The normalized spacial score (nSPS) is 11.0. The van der Waals surface area contributed by atoms with E-state index >= 15 is 0 Å². The molecule has 0 radical (unpaired) electrons. The summed E-state index contributed by atoms with van der Waals surface area (Å²) in [5.41, 5.74) is -0.569. The van der Waals surface area contributed by atoms with Crippen molar-refractivity contribution in [3.05, 3.63) is 27.9 Å². The highest BCUT2D eigenvalue weighted by atomic mass is 32.2. The van der Waals surface area contributed by atoms with E-state index in [1.807, 2.05) is 0 Å². The molecular weight excluding hydrogens is 300 g/mol. The minimum atomic E-state index is -3.23. The van der Waals surface area contributed by atoms with Gasteiger partial charge in [0.05, 0.1) is 10.7 Å². The zero-order valence-corrected chi connectivity index (χ0v) is 12.7. The van der Waals surface area contributed by atoms with E-state index in [-0.39, 0.29) is 17.9 Å². The zero-order chi connectivity index (χ0) is 16.2. The van der Waals surface area contributed by atoms with Gasteiger partial charge in [-0.1, -0.05) is 0 Å². The van der Waals surface area contributed by atoms with Crippen LogP contribution in [0.3, 0.4) is 0 Å². The number of nitro groups is 1. The molecule has 0 aliphatic carbocycles. The second-order valence-corrected chi connectivity index (χ2v) is 6.71. The fraction of sp³-hybridized carbons (Fsp3) is 0.455. The zero-order valence-electron chi connectivity index (χ0n) is 11.9. The van der Waals surface area contributed by atoms with Crippen LogP contribution in [0.4, 0.5) is 11.5 Å². The number of rotatable bonds is 6. The molecule has 1 amide bonds. The number of hydrogen-bond donors (Lipinski definition) is 1. The van der Waals surface area contributed by atoms with Gasteiger partial charge in [-0.3, -0.25) is 14.9 Å². The Kier molecular flexibility index (Phi) is 5.19. The molecule has 1 aromatic rings. The van der Waals surface area contributed by atoms with Gasteiger partial charge >= 0.3 is 0 Å². The van der Waals surface area contributed by atoms with Gasteiger partial charge in [-0.25, -0.2) is 13.4 Å². The highest BCUT2D eigenvalue weighted by molar-refractivity contribution is 7.90. The van der Waals surface area contributed by atoms with Crippen LogP contribution in [0.15, 0.2) is 12.3 Å². The third kappa shape index (κ3) is 4.67. The first kappa shape index (κ1) is 16.8. The second kappa shape index (κ2) is 6.48. The van der Waals surface area contributed by atoms with Crippen molar-refractivity contribution >= 4 is 27.2 Å². The molecule has 9 nitrogen and oxygen atoms in total. The summed E-state index contributed by atoms with van der Waals surface area (Å²) in [6.07, 6.45) is 2.04. The molecule has 0 fully saturated rings. The molecule has 1 aromatic heterocycles. The minimum absolute atomic E-state index is 0.0496. The Bertz CT molecular complexity index is 659. The number of amides is 1. The number of carbonyl (C=O) groups is 1. The summed E-state index contributed by atoms with van der Waals surface area (Å²) >= 11 is 0. The van der Waals surface area contributed by atoms with Crippen LogP contribution in [0.1, 0.15) is 10.4 Å². The second-order valence-electron chi connectivity index (χ2n) is 4.45. The number of aromatic nitrogens is 1. The monoisotopic (exact) mass is 316 g/mol. The maximum absolute atomic E-state index is 12.2. The first-order valence-electron chi connectivity index (χ1n) is 5.91. The maximum atomic E-state index is 12.2. The molecule has 0 aromatic carbocycles. The largest absolute Gasteiger partial charge is 0.373 e. The van der Waals surface area contributed by atoms with Crippen LogP contribution in [-0.4, -0.2) is 61.8 Å². The molecule has 0 spiro atoms. The van der Waals surface area contributed by atoms with E-state index < -0.39 is 26.4 Å². The summed E-state index contributed by atoms with van der Waals surface area (Å²) in [5.74, 6) is -0.544. The Morgan fingerprint density at radius 2 is 2.14 bits per heavy atom. The van der Waals surface area contributed by atoms with Crippen molar-refractivity contribution in [2.75, 3.05) is 38.0 Å². The third-order valence-electron chi connectivity index (χ3n) is 2.71. The molecule has 10 heteroatoms. The summed E-state index contributed by atoms with van der Waals surface area (Å²) in [7, 11) is -0.276. The number of hydrogen-bond acceptors (Lipinski definition) is 7. The molecule has 0 saturated carbocycles. The van der Waals surface area contributed by atoms with Gasteiger partial charge in [-0.15, -0.1) is 0 Å². The Hall–Kier alpha value is -2.23. The van der Waals surface area contributed by atoms with Crippen molar-refractivity contribution in [3.63, 3.8) is 0 Å². The molecule has 0 aliphatic heterocycles. The molecule has 0 saturated heterocycles. The molecule has 116 valence electrons. The standard InChI is InChI=1S/C11H16N4O5S/c1-12-10-6-8(9(7-13-10)15(17)18)11(16)14(2)4-5-21(3,19)20/h6-7H,4-5H2,1-3H3,(H,12,13). The van der Waals surface area contributed by atoms with Crippen molar-refractivity contribution in [1.82, 2.24) is 9.88 Å². The Labute approximate surface area is 122 Å². The lowest BCUT2D eigenvalue weighted by Crippen LogP contribution is -2.32.